The number of anilines is 1. The Morgan fingerprint density at radius 3 is 2.45 bits per heavy atom. The third kappa shape index (κ3) is 2.20. The number of benzene rings is 1. The van der Waals surface area contributed by atoms with E-state index >= 15 is 0 Å². The monoisotopic (exact) mass is 326 g/mol. The van der Waals surface area contributed by atoms with Crippen LogP contribution in [0.3, 0.4) is 0 Å². The molecular weight excluding hydrogens is 316 g/mol. The highest BCUT2D eigenvalue weighted by Crippen LogP contribution is 2.63. The number of halogens is 5. The summed E-state index contributed by atoms with van der Waals surface area (Å²) in [6.45, 7) is 0. The molecule has 1 aliphatic carbocycles. The lowest BCUT2D eigenvalue weighted by Gasteiger charge is -2.18. The molecule has 2 unspecified atom stereocenters. The molecule has 0 saturated heterocycles. The fourth-order valence-corrected chi connectivity index (χ4v) is 2.85. The smallest absolute Gasteiger partial charge is 0.396 e. The van der Waals surface area contributed by atoms with Gasteiger partial charge in [-0.25, -0.2) is 0 Å². The van der Waals surface area contributed by atoms with E-state index in [1.54, 1.807) is 0 Å². The molecule has 0 radical (unpaired) electrons. The quantitative estimate of drug-likeness (QED) is 0.837. The van der Waals surface area contributed by atoms with E-state index in [9.17, 15) is 18.0 Å². The van der Waals surface area contributed by atoms with Crippen LogP contribution in [0.5, 0.6) is 0 Å². The number of hydrogen-bond donors (Lipinski definition) is 2. The maximum atomic E-state index is 13.0. The standard InChI is InChI=1S/C12H11Cl2F3N2O/c13-7-2-1-5(8(14)9(7)18)3-6-4-11(6,10(19)20)12(15,16)17/h1-2,6H,3-4,18H2,(H2,19,20). The normalized spacial score (nSPS) is 25.6. The molecule has 1 fully saturated rings. The van der Waals surface area contributed by atoms with Crippen LogP contribution in [-0.2, 0) is 11.2 Å². The van der Waals surface area contributed by atoms with Crippen molar-refractivity contribution in [2.75, 3.05) is 5.73 Å². The molecule has 1 saturated carbocycles. The largest absolute Gasteiger partial charge is 0.403 e. The van der Waals surface area contributed by atoms with Crippen molar-refractivity contribution in [2.24, 2.45) is 17.1 Å². The van der Waals surface area contributed by atoms with Gasteiger partial charge in [0.15, 0.2) is 0 Å². The average molecular weight is 327 g/mol. The third-order valence-corrected chi connectivity index (χ3v) is 4.50. The summed E-state index contributed by atoms with van der Waals surface area (Å²) in [5.41, 5.74) is 8.61. The minimum absolute atomic E-state index is 0.0251. The van der Waals surface area contributed by atoms with Crippen LogP contribution in [0.15, 0.2) is 12.1 Å². The molecule has 0 aliphatic heterocycles. The number of amides is 1. The minimum atomic E-state index is -4.66. The lowest BCUT2D eigenvalue weighted by Crippen LogP contribution is -2.39. The van der Waals surface area contributed by atoms with Crippen molar-refractivity contribution in [3.8, 4) is 0 Å². The summed E-state index contributed by atoms with van der Waals surface area (Å²) in [6, 6.07) is 2.96. The Balaban J connectivity index is 2.26. The van der Waals surface area contributed by atoms with Crippen molar-refractivity contribution in [2.45, 2.75) is 19.0 Å². The van der Waals surface area contributed by atoms with Crippen molar-refractivity contribution in [3.05, 3.63) is 27.7 Å². The molecule has 3 nitrogen and oxygen atoms in total. The average Bonchev–Trinajstić information content (AvgIpc) is 3.05. The lowest BCUT2D eigenvalue weighted by molar-refractivity contribution is -0.194. The molecule has 0 bridgehead atoms. The Morgan fingerprint density at radius 1 is 1.40 bits per heavy atom. The molecule has 1 aromatic rings. The van der Waals surface area contributed by atoms with Gasteiger partial charge in [0.1, 0.15) is 5.41 Å². The Labute approximate surface area is 123 Å². The second-order valence-electron chi connectivity index (χ2n) is 4.87. The van der Waals surface area contributed by atoms with E-state index in [1.165, 1.54) is 12.1 Å². The predicted molar refractivity (Wildman–Crippen MR) is 70.4 cm³/mol. The summed E-state index contributed by atoms with van der Waals surface area (Å²) in [4.78, 5) is 11.2. The van der Waals surface area contributed by atoms with Gasteiger partial charge in [-0.15, -0.1) is 0 Å². The van der Waals surface area contributed by atoms with Gasteiger partial charge >= 0.3 is 6.18 Å². The lowest BCUT2D eigenvalue weighted by atomic mass is 9.97. The first-order valence-electron chi connectivity index (χ1n) is 5.70. The predicted octanol–water partition coefficient (Wildman–Crippen LogP) is 3.17. The van der Waals surface area contributed by atoms with E-state index in [0.29, 0.717) is 5.56 Å². The van der Waals surface area contributed by atoms with Gasteiger partial charge in [0.2, 0.25) is 5.91 Å². The Hall–Kier alpha value is -1.14. The maximum Gasteiger partial charge on any atom is 0.403 e. The summed E-state index contributed by atoms with van der Waals surface area (Å²) in [6.07, 6.45) is -5.01. The molecule has 8 heteroatoms. The molecule has 0 heterocycles. The van der Waals surface area contributed by atoms with Crippen molar-refractivity contribution >= 4 is 34.8 Å². The van der Waals surface area contributed by atoms with Crippen LogP contribution in [0.1, 0.15) is 12.0 Å². The van der Waals surface area contributed by atoms with E-state index in [2.05, 4.69) is 0 Å². The molecule has 0 aromatic heterocycles. The van der Waals surface area contributed by atoms with E-state index in [0.717, 1.165) is 0 Å². The number of alkyl halides is 3. The molecule has 0 spiro atoms. The molecule has 20 heavy (non-hydrogen) atoms. The summed E-state index contributed by atoms with van der Waals surface area (Å²) in [5.74, 6) is -2.27. The minimum Gasteiger partial charge on any atom is -0.396 e. The van der Waals surface area contributed by atoms with Crippen molar-refractivity contribution in [1.29, 1.82) is 0 Å². The molecule has 1 amide bonds. The second kappa shape index (κ2) is 4.70. The SMILES string of the molecule is NC(=O)C1(C(F)(F)F)CC1Cc1ccc(Cl)c(N)c1Cl. The van der Waals surface area contributed by atoms with Crippen LogP contribution in [0, 0.1) is 11.3 Å². The van der Waals surface area contributed by atoms with Crippen LogP contribution < -0.4 is 11.5 Å². The first kappa shape index (κ1) is 15.3. The molecule has 1 aliphatic rings. The van der Waals surface area contributed by atoms with Crippen molar-refractivity contribution < 1.29 is 18.0 Å². The number of nitrogens with two attached hydrogens (primary N) is 2. The number of primary amides is 1. The topological polar surface area (TPSA) is 69.1 Å². The van der Waals surface area contributed by atoms with Gasteiger partial charge in [-0.05, 0) is 30.4 Å². The van der Waals surface area contributed by atoms with Gasteiger partial charge in [-0.1, -0.05) is 29.3 Å². The van der Waals surface area contributed by atoms with Gasteiger partial charge in [0, 0.05) is 0 Å². The van der Waals surface area contributed by atoms with Gasteiger partial charge < -0.3 is 11.5 Å². The van der Waals surface area contributed by atoms with Crippen LogP contribution in [0.25, 0.3) is 0 Å². The van der Waals surface area contributed by atoms with Crippen LogP contribution in [0.2, 0.25) is 10.0 Å². The van der Waals surface area contributed by atoms with E-state index < -0.39 is 23.4 Å². The number of hydrogen-bond acceptors (Lipinski definition) is 2. The van der Waals surface area contributed by atoms with Gasteiger partial charge in [-0.3, -0.25) is 4.79 Å². The summed E-state index contributed by atoms with van der Waals surface area (Å²) in [7, 11) is 0. The fourth-order valence-electron chi connectivity index (χ4n) is 2.40. The van der Waals surface area contributed by atoms with Crippen LogP contribution in [-0.4, -0.2) is 12.1 Å². The van der Waals surface area contributed by atoms with Gasteiger partial charge in [0.05, 0.1) is 15.7 Å². The van der Waals surface area contributed by atoms with E-state index in [1.807, 2.05) is 0 Å². The zero-order valence-corrected chi connectivity index (χ0v) is 11.6. The summed E-state index contributed by atoms with van der Waals surface area (Å²) >= 11 is 11.7. The van der Waals surface area contributed by atoms with Crippen LogP contribution in [0.4, 0.5) is 18.9 Å². The highest BCUT2D eigenvalue weighted by Gasteiger charge is 2.74. The van der Waals surface area contributed by atoms with Crippen LogP contribution >= 0.6 is 23.2 Å². The molecule has 1 aromatic carbocycles. The zero-order valence-electron chi connectivity index (χ0n) is 10.1. The highest BCUT2D eigenvalue weighted by molar-refractivity contribution is 6.39. The molecule has 4 N–H and O–H groups in total. The Morgan fingerprint density at radius 2 is 2.00 bits per heavy atom. The number of rotatable bonds is 3. The molecular formula is C12H11Cl2F3N2O. The van der Waals surface area contributed by atoms with Gasteiger partial charge in [0.25, 0.3) is 0 Å². The molecule has 2 rings (SSSR count). The molecule has 2 atom stereocenters. The zero-order chi connectivity index (χ0) is 15.3. The van der Waals surface area contributed by atoms with Gasteiger partial charge in [-0.2, -0.15) is 13.2 Å². The fraction of sp³-hybridized carbons (Fsp3) is 0.417. The first-order chi connectivity index (χ1) is 9.11. The van der Waals surface area contributed by atoms with Crippen molar-refractivity contribution in [3.63, 3.8) is 0 Å². The number of carbonyl (C=O) groups excluding carboxylic acids is 1. The Kier molecular flexibility index (Phi) is 3.59. The maximum absolute atomic E-state index is 13.0. The molecule has 110 valence electrons. The number of carbonyl (C=O) groups is 1. The first-order valence-corrected chi connectivity index (χ1v) is 6.46. The van der Waals surface area contributed by atoms with E-state index in [4.69, 9.17) is 34.7 Å². The third-order valence-electron chi connectivity index (χ3n) is 3.72. The summed E-state index contributed by atoms with van der Waals surface area (Å²) in [5, 5.41) is 0.344. The highest BCUT2D eigenvalue weighted by atomic mass is 35.5. The van der Waals surface area contributed by atoms with Crippen molar-refractivity contribution in [1.82, 2.24) is 0 Å². The second-order valence-corrected chi connectivity index (χ2v) is 5.66. The Bertz CT molecular complexity index is 577. The number of nitrogen functional groups attached to an aromatic ring is 1. The summed E-state index contributed by atoms with van der Waals surface area (Å²) < 4.78 is 38.9. The van der Waals surface area contributed by atoms with E-state index in [-0.39, 0.29) is 28.6 Å².